The molecule has 0 spiro atoms. The van der Waals surface area contributed by atoms with E-state index in [9.17, 15) is 0 Å². The van der Waals surface area contributed by atoms with Crippen LogP contribution in [0.5, 0.6) is 0 Å². The molecular weight excluding hydrogens is 194 g/mol. The predicted molar refractivity (Wildman–Crippen MR) is 69.5 cm³/mol. The Bertz CT molecular complexity index is 311. The van der Waals surface area contributed by atoms with Gasteiger partial charge in [-0.3, -0.25) is 0 Å². The highest BCUT2D eigenvalue weighted by atomic mass is 14.9. The van der Waals surface area contributed by atoms with Gasteiger partial charge in [0.05, 0.1) is 0 Å². The molecule has 0 radical (unpaired) electrons. The van der Waals surface area contributed by atoms with Gasteiger partial charge in [0.1, 0.15) is 0 Å². The van der Waals surface area contributed by atoms with E-state index in [1.807, 2.05) is 0 Å². The minimum atomic E-state index is 0.580. The van der Waals surface area contributed by atoms with Crippen molar-refractivity contribution in [3.05, 3.63) is 35.9 Å². The van der Waals surface area contributed by atoms with E-state index in [2.05, 4.69) is 49.5 Å². The first-order valence-electron chi connectivity index (χ1n) is 6.45. The van der Waals surface area contributed by atoms with Crippen molar-refractivity contribution in [3.63, 3.8) is 0 Å². The first-order chi connectivity index (χ1) is 7.70. The van der Waals surface area contributed by atoms with E-state index in [-0.39, 0.29) is 0 Å². The van der Waals surface area contributed by atoms with Crippen LogP contribution in [0.2, 0.25) is 0 Å². The van der Waals surface area contributed by atoms with Crippen LogP contribution in [0.4, 0.5) is 0 Å². The Morgan fingerprint density at radius 1 is 1.19 bits per heavy atom. The summed E-state index contributed by atoms with van der Waals surface area (Å²) < 4.78 is 0. The molecule has 0 aromatic heterocycles. The molecule has 0 atom stereocenters. The summed E-state index contributed by atoms with van der Waals surface area (Å²) in [6.45, 7) is 6.88. The van der Waals surface area contributed by atoms with E-state index in [4.69, 9.17) is 0 Å². The van der Waals surface area contributed by atoms with Crippen molar-refractivity contribution in [2.45, 2.75) is 33.1 Å². The molecule has 1 fully saturated rings. The fourth-order valence-corrected chi connectivity index (χ4v) is 2.25. The van der Waals surface area contributed by atoms with Gasteiger partial charge in [-0.05, 0) is 42.7 Å². The highest BCUT2D eigenvalue weighted by Crippen LogP contribution is 2.47. The topological polar surface area (TPSA) is 12.0 Å². The van der Waals surface area contributed by atoms with Gasteiger partial charge in [0.25, 0.3) is 0 Å². The summed E-state index contributed by atoms with van der Waals surface area (Å²) in [5.74, 6) is 0.757. The maximum Gasteiger partial charge on any atom is 0.00111 e. The van der Waals surface area contributed by atoms with Gasteiger partial charge in [-0.15, -0.1) is 0 Å². The molecule has 1 nitrogen and oxygen atoms in total. The van der Waals surface area contributed by atoms with Gasteiger partial charge in [0, 0.05) is 6.54 Å². The Morgan fingerprint density at radius 3 is 2.44 bits per heavy atom. The van der Waals surface area contributed by atoms with Gasteiger partial charge in [-0.1, -0.05) is 44.2 Å². The zero-order chi connectivity index (χ0) is 11.4. The Labute approximate surface area is 99.3 Å². The number of benzene rings is 1. The van der Waals surface area contributed by atoms with Gasteiger partial charge in [0.15, 0.2) is 0 Å². The van der Waals surface area contributed by atoms with Crippen LogP contribution >= 0.6 is 0 Å². The van der Waals surface area contributed by atoms with Crippen LogP contribution in [0.3, 0.4) is 0 Å². The fraction of sp³-hybridized carbons (Fsp3) is 0.600. The van der Waals surface area contributed by atoms with E-state index >= 15 is 0 Å². The largest absolute Gasteiger partial charge is 0.316 e. The summed E-state index contributed by atoms with van der Waals surface area (Å²) in [5, 5.41) is 3.61. The third-order valence-electron chi connectivity index (χ3n) is 3.43. The summed E-state index contributed by atoms with van der Waals surface area (Å²) in [5.41, 5.74) is 2.07. The quantitative estimate of drug-likeness (QED) is 0.771. The second kappa shape index (κ2) is 5.01. The van der Waals surface area contributed by atoms with Gasteiger partial charge in [-0.2, -0.15) is 0 Å². The van der Waals surface area contributed by atoms with E-state index in [1.54, 1.807) is 0 Å². The summed E-state index contributed by atoms with van der Waals surface area (Å²) >= 11 is 0. The van der Waals surface area contributed by atoms with Gasteiger partial charge in [-0.25, -0.2) is 0 Å². The monoisotopic (exact) mass is 217 g/mol. The van der Waals surface area contributed by atoms with Crippen LogP contribution in [-0.2, 0) is 6.42 Å². The maximum absolute atomic E-state index is 3.61. The molecule has 1 aliphatic carbocycles. The van der Waals surface area contributed by atoms with Gasteiger partial charge >= 0.3 is 0 Å². The molecule has 0 heterocycles. The van der Waals surface area contributed by atoms with Crippen molar-refractivity contribution >= 4 is 0 Å². The lowest BCUT2D eigenvalue weighted by atomic mass is 9.96. The fourth-order valence-electron chi connectivity index (χ4n) is 2.25. The summed E-state index contributed by atoms with van der Waals surface area (Å²) in [7, 11) is 0. The molecule has 88 valence electrons. The van der Waals surface area contributed by atoms with Crippen LogP contribution in [0, 0.1) is 11.3 Å². The SMILES string of the molecule is CC(C)CNCC1(Cc2ccccc2)CC1. The van der Waals surface area contributed by atoms with Crippen molar-refractivity contribution in [1.29, 1.82) is 0 Å². The second-order valence-corrected chi connectivity index (χ2v) is 5.69. The molecule has 0 bridgehead atoms. The normalized spacial score (nSPS) is 17.7. The third kappa shape index (κ3) is 3.34. The smallest absolute Gasteiger partial charge is 0.00111 e. The van der Waals surface area contributed by atoms with E-state index in [0.29, 0.717) is 5.41 Å². The Morgan fingerprint density at radius 2 is 1.88 bits per heavy atom. The molecule has 0 saturated heterocycles. The summed E-state index contributed by atoms with van der Waals surface area (Å²) in [6, 6.07) is 10.9. The number of hydrogen-bond acceptors (Lipinski definition) is 1. The summed E-state index contributed by atoms with van der Waals surface area (Å²) in [6.07, 6.45) is 4.04. The van der Waals surface area contributed by atoms with Crippen LogP contribution < -0.4 is 5.32 Å². The van der Waals surface area contributed by atoms with Crippen LogP contribution in [-0.4, -0.2) is 13.1 Å². The van der Waals surface area contributed by atoms with E-state index in [1.165, 1.54) is 31.4 Å². The molecule has 0 aliphatic heterocycles. The van der Waals surface area contributed by atoms with Crippen molar-refractivity contribution in [3.8, 4) is 0 Å². The lowest BCUT2D eigenvalue weighted by Crippen LogP contribution is -2.28. The Hall–Kier alpha value is -0.820. The number of rotatable bonds is 6. The van der Waals surface area contributed by atoms with Gasteiger partial charge in [0.2, 0.25) is 0 Å². The first kappa shape index (κ1) is 11.7. The lowest BCUT2D eigenvalue weighted by molar-refractivity contribution is 0.432. The average Bonchev–Trinajstić information content (AvgIpc) is 2.99. The molecule has 1 aromatic carbocycles. The van der Waals surface area contributed by atoms with E-state index < -0.39 is 0 Å². The average molecular weight is 217 g/mol. The molecule has 2 rings (SSSR count). The van der Waals surface area contributed by atoms with Crippen LogP contribution in [0.1, 0.15) is 32.3 Å². The minimum absolute atomic E-state index is 0.580. The predicted octanol–water partition coefficient (Wildman–Crippen LogP) is 3.25. The second-order valence-electron chi connectivity index (χ2n) is 5.69. The number of nitrogens with one attached hydrogen (secondary N) is 1. The molecule has 16 heavy (non-hydrogen) atoms. The lowest BCUT2D eigenvalue weighted by Gasteiger charge is -2.17. The number of hydrogen-bond donors (Lipinski definition) is 1. The molecule has 1 aromatic rings. The zero-order valence-electron chi connectivity index (χ0n) is 10.5. The Balaban J connectivity index is 1.80. The van der Waals surface area contributed by atoms with Crippen molar-refractivity contribution < 1.29 is 0 Å². The molecular formula is C15H23N. The molecule has 1 aliphatic rings. The van der Waals surface area contributed by atoms with E-state index in [0.717, 1.165) is 12.5 Å². The molecule has 1 N–H and O–H groups in total. The van der Waals surface area contributed by atoms with Crippen LogP contribution in [0.15, 0.2) is 30.3 Å². The minimum Gasteiger partial charge on any atom is -0.316 e. The zero-order valence-corrected chi connectivity index (χ0v) is 10.5. The van der Waals surface area contributed by atoms with Crippen molar-refractivity contribution in [2.24, 2.45) is 11.3 Å². The third-order valence-corrected chi connectivity index (χ3v) is 3.43. The standard InChI is InChI=1S/C15H23N/c1-13(2)11-16-12-15(8-9-15)10-14-6-4-3-5-7-14/h3-7,13,16H,8-12H2,1-2H3. The molecule has 0 unspecified atom stereocenters. The van der Waals surface area contributed by atoms with Crippen molar-refractivity contribution in [1.82, 2.24) is 5.32 Å². The maximum atomic E-state index is 3.61. The Kier molecular flexibility index (Phi) is 3.65. The summed E-state index contributed by atoms with van der Waals surface area (Å²) in [4.78, 5) is 0. The molecule has 0 amide bonds. The molecule has 1 saturated carbocycles. The van der Waals surface area contributed by atoms with Gasteiger partial charge < -0.3 is 5.32 Å². The van der Waals surface area contributed by atoms with Crippen molar-refractivity contribution in [2.75, 3.05) is 13.1 Å². The highest BCUT2D eigenvalue weighted by molar-refractivity contribution is 5.18. The highest BCUT2D eigenvalue weighted by Gasteiger charge is 2.41. The van der Waals surface area contributed by atoms with Crippen LogP contribution in [0.25, 0.3) is 0 Å². The molecule has 1 heteroatoms. The first-order valence-corrected chi connectivity index (χ1v) is 6.45.